The van der Waals surface area contributed by atoms with E-state index in [1.54, 1.807) is 0 Å². The van der Waals surface area contributed by atoms with Gasteiger partial charge in [-0.05, 0) is 0 Å². The Balaban J connectivity index is 2.77. The number of aromatic nitrogens is 2. The maximum atomic E-state index is 12.5. The number of aliphatic hydroxyl groups is 1. The van der Waals surface area contributed by atoms with Crippen LogP contribution >= 0.6 is 0 Å². The fraction of sp³-hybridized carbons (Fsp3) is 0.500. The van der Waals surface area contributed by atoms with Crippen molar-refractivity contribution in [3.8, 4) is 0 Å². The van der Waals surface area contributed by atoms with Gasteiger partial charge in [-0.25, -0.2) is 13.6 Å². The summed E-state index contributed by atoms with van der Waals surface area (Å²) in [6.45, 7) is -2.06. The summed E-state index contributed by atoms with van der Waals surface area (Å²) in [4.78, 5) is 12.9. The lowest BCUT2D eigenvalue weighted by atomic mass is 10.3. The first-order chi connectivity index (χ1) is 5.55. The highest BCUT2D eigenvalue weighted by atomic mass is 19.3. The second-order valence-corrected chi connectivity index (χ2v) is 2.41. The van der Waals surface area contributed by atoms with Gasteiger partial charge in [-0.1, -0.05) is 0 Å². The van der Waals surface area contributed by atoms with Crippen molar-refractivity contribution in [2.75, 3.05) is 6.61 Å². The first-order valence-electron chi connectivity index (χ1n) is 3.28. The number of H-pyrrole nitrogens is 1. The number of nitrogens with zero attached hydrogens (tertiary/aromatic N) is 1. The summed E-state index contributed by atoms with van der Waals surface area (Å²) >= 11 is 0. The summed E-state index contributed by atoms with van der Waals surface area (Å²) in [5, 5.41) is 8.21. The standard InChI is InChI=1S/C6H8F2N2O2/c7-6(8,4-11)3-10-2-1-9-5(10)12/h1-2,11H,3-4H2,(H,9,12). The Hall–Kier alpha value is -1.17. The van der Waals surface area contributed by atoms with Crippen molar-refractivity contribution in [2.45, 2.75) is 12.5 Å². The van der Waals surface area contributed by atoms with Crippen LogP contribution in [0, 0.1) is 0 Å². The van der Waals surface area contributed by atoms with Crippen LogP contribution in [0.5, 0.6) is 0 Å². The van der Waals surface area contributed by atoms with Crippen LogP contribution in [0.4, 0.5) is 8.78 Å². The average Bonchev–Trinajstić information content (AvgIpc) is 2.36. The topological polar surface area (TPSA) is 58.0 Å². The van der Waals surface area contributed by atoms with E-state index in [1.165, 1.54) is 12.4 Å². The number of imidazole rings is 1. The second kappa shape index (κ2) is 3.06. The fourth-order valence-corrected chi connectivity index (χ4v) is 0.773. The molecule has 0 spiro atoms. The summed E-state index contributed by atoms with van der Waals surface area (Å²) in [5.74, 6) is -3.24. The van der Waals surface area contributed by atoms with Gasteiger partial charge in [-0.2, -0.15) is 0 Å². The fourth-order valence-electron chi connectivity index (χ4n) is 0.773. The number of aromatic amines is 1. The summed E-state index contributed by atoms with van der Waals surface area (Å²) in [5.41, 5.74) is -0.608. The Morgan fingerprint density at radius 3 is 2.75 bits per heavy atom. The molecule has 0 unspecified atom stereocenters. The van der Waals surface area contributed by atoms with E-state index in [4.69, 9.17) is 5.11 Å². The van der Waals surface area contributed by atoms with Crippen molar-refractivity contribution in [3.63, 3.8) is 0 Å². The quantitative estimate of drug-likeness (QED) is 0.673. The van der Waals surface area contributed by atoms with E-state index >= 15 is 0 Å². The van der Waals surface area contributed by atoms with Gasteiger partial charge in [0.2, 0.25) is 0 Å². The molecule has 2 N–H and O–H groups in total. The molecule has 0 aliphatic carbocycles. The van der Waals surface area contributed by atoms with E-state index in [1.807, 2.05) is 0 Å². The van der Waals surface area contributed by atoms with Crippen LogP contribution in [0.25, 0.3) is 0 Å². The molecule has 0 amide bonds. The molecular formula is C6H8F2N2O2. The van der Waals surface area contributed by atoms with E-state index in [0.29, 0.717) is 0 Å². The van der Waals surface area contributed by atoms with Gasteiger partial charge >= 0.3 is 5.69 Å². The molecule has 0 atom stereocenters. The Morgan fingerprint density at radius 1 is 1.67 bits per heavy atom. The van der Waals surface area contributed by atoms with Gasteiger partial charge in [0.25, 0.3) is 5.92 Å². The SMILES string of the molecule is O=c1[nH]ccn1CC(F)(F)CO. The van der Waals surface area contributed by atoms with E-state index in [-0.39, 0.29) is 0 Å². The van der Waals surface area contributed by atoms with Crippen LogP contribution < -0.4 is 5.69 Å². The lowest BCUT2D eigenvalue weighted by Gasteiger charge is -2.12. The lowest BCUT2D eigenvalue weighted by molar-refractivity contribution is -0.0634. The smallest absolute Gasteiger partial charge is 0.325 e. The van der Waals surface area contributed by atoms with Gasteiger partial charge < -0.3 is 10.1 Å². The molecule has 0 aliphatic heterocycles. The Labute approximate surface area is 66.5 Å². The molecule has 0 bridgehead atoms. The van der Waals surface area contributed by atoms with Crippen LogP contribution in [-0.4, -0.2) is 27.2 Å². The van der Waals surface area contributed by atoms with E-state index < -0.39 is 24.8 Å². The highest BCUT2D eigenvalue weighted by Crippen LogP contribution is 2.13. The maximum Gasteiger partial charge on any atom is 0.325 e. The van der Waals surface area contributed by atoms with Crippen molar-refractivity contribution in [1.29, 1.82) is 0 Å². The molecule has 1 aromatic heterocycles. The molecule has 6 heteroatoms. The summed E-state index contributed by atoms with van der Waals surface area (Å²) < 4.78 is 25.7. The first kappa shape index (κ1) is 8.92. The predicted octanol–water partition coefficient (Wildman–Crippen LogP) is -0.196. The van der Waals surface area contributed by atoms with Gasteiger partial charge in [0.05, 0.1) is 6.54 Å². The molecule has 1 rings (SSSR count). The number of nitrogens with one attached hydrogen (secondary N) is 1. The van der Waals surface area contributed by atoms with Gasteiger partial charge in [0.15, 0.2) is 0 Å². The molecule has 1 aromatic rings. The maximum absolute atomic E-state index is 12.5. The van der Waals surface area contributed by atoms with Gasteiger partial charge in [0.1, 0.15) is 6.61 Å². The molecule has 4 nitrogen and oxygen atoms in total. The van der Waals surface area contributed by atoms with Crippen molar-refractivity contribution >= 4 is 0 Å². The number of rotatable bonds is 3. The van der Waals surface area contributed by atoms with Crippen molar-refractivity contribution in [3.05, 3.63) is 22.9 Å². The van der Waals surface area contributed by atoms with Crippen LogP contribution in [0.2, 0.25) is 0 Å². The molecule has 1 heterocycles. The highest BCUT2D eigenvalue weighted by Gasteiger charge is 2.28. The number of halogens is 2. The molecule has 12 heavy (non-hydrogen) atoms. The summed E-state index contributed by atoms with van der Waals surface area (Å²) in [6, 6.07) is 0. The predicted molar refractivity (Wildman–Crippen MR) is 37.1 cm³/mol. The second-order valence-electron chi connectivity index (χ2n) is 2.41. The zero-order valence-electron chi connectivity index (χ0n) is 6.13. The molecule has 0 saturated carbocycles. The number of hydrogen-bond acceptors (Lipinski definition) is 2. The minimum atomic E-state index is -3.24. The monoisotopic (exact) mass is 178 g/mol. The van der Waals surface area contributed by atoms with Crippen LogP contribution in [0.1, 0.15) is 0 Å². The molecule has 0 aromatic carbocycles. The average molecular weight is 178 g/mol. The van der Waals surface area contributed by atoms with Crippen molar-refractivity contribution in [1.82, 2.24) is 9.55 Å². The molecule has 68 valence electrons. The van der Waals surface area contributed by atoms with E-state index in [0.717, 1.165) is 4.57 Å². The zero-order chi connectivity index (χ0) is 9.19. The third-order valence-corrected chi connectivity index (χ3v) is 1.36. The Kier molecular flexibility index (Phi) is 2.27. The first-order valence-corrected chi connectivity index (χ1v) is 3.28. The molecule has 0 fully saturated rings. The Bertz CT molecular complexity index is 304. The van der Waals surface area contributed by atoms with Gasteiger partial charge in [0, 0.05) is 12.4 Å². The molecule has 0 aliphatic rings. The molecular weight excluding hydrogens is 170 g/mol. The third-order valence-electron chi connectivity index (χ3n) is 1.36. The van der Waals surface area contributed by atoms with Crippen LogP contribution in [-0.2, 0) is 6.54 Å². The van der Waals surface area contributed by atoms with Gasteiger partial charge in [-0.3, -0.25) is 4.57 Å². The number of alkyl halides is 2. The van der Waals surface area contributed by atoms with Crippen LogP contribution in [0.15, 0.2) is 17.2 Å². The van der Waals surface area contributed by atoms with Crippen LogP contribution in [0.3, 0.4) is 0 Å². The molecule has 0 saturated heterocycles. The van der Waals surface area contributed by atoms with E-state index in [2.05, 4.69) is 4.98 Å². The highest BCUT2D eigenvalue weighted by molar-refractivity contribution is 4.79. The largest absolute Gasteiger partial charge is 0.390 e. The Morgan fingerprint density at radius 2 is 2.33 bits per heavy atom. The summed E-state index contributed by atoms with van der Waals surface area (Å²) in [6.07, 6.45) is 2.46. The van der Waals surface area contributed by atoms with E-state index in [9.17, 15) is 13.6 Å². The number of hydrogen-bond donors (Lipinski definition) is 2. The van der Waals surface area contributed by atoms with Crippen molar-refractivity contribution in [2.24, 2.45) is 0 Å². The zero-order valence-corrected chi connectivity index (χ0v) is 6.13. The minimum absolute atomic E-state index is 0.608. The summed E-state index contributed by atoms with van der Waals surface area (Å²) in [7, 11) is 0. The van der Waals surface area contributed by atoms with Gasteiger partial charge in [-0.15, -0.1) is 0 Å². The minimum Gasteiger partial charge on any atom is -0.390 e. The third kappa shape index (κ3) is 1.91. The normalized spacial score (nSPS) is 11.9. The van der Waals surface area contributed by atoms with Crippen molar-refractivity contribution < 1.29 is 13.9 Å². The lowest BCUT2D eigenvalue weighted by Crippen LogP contribution is -2.32. The molecule has 0 radical (unpaired) electrons. The number of aliphatic hydroxyl groups excluding tert-OH is 1.